The normalized spacial score (nSPS) is 14.8. The van der Waals surface area contributed by atoms with Crippen LogP contribution in [0.4, 0.5) is 15.9 Å². The first-order valence-corrected chi connectivity index (χ1v) is 11.6. The van der Waals surface area contributed by atoms with Crippen LogP contribution in [-0.2, 0) is 0 Å². The fourth-order valence-corrected chi connectivity index (χ4v) is 3.92. The highest BCUT2D eigenvalue weighted by Gasteiger charge is 2.17. The predicted molar refractivity (Wildman–Crippen MR) is 132 cm³/mol. The number of aromatic amines is 1. The van der Waals surface area contributed by atoms with Gasteiger partial charge in [0.15, 0.2) is 11.6 Å². The van der Waals surface area contributed by atoms with Gasteiger partial charge in [0, 0.05) is 56.4 Å². The van der Waals surface area contributed by atoms with Gasteiger partial charge in [0.05, 0.1) is 11.7 Å². The van der Waals surface area contributed by atoms with Crippen molar-refractivity contribution in [1.29, 1.82) is 0 Å². The van der Waals surface area contributed by atoms with Crippen molar-refractivity contribution in [2.75, 3.05) is 51.7 Å². The number of likely N-dealkylation sites (N-methyl/N-ethyl adjacent to an activating group) is 1. The van der Waals surface area contributed by atoms with Crippen LogP contribution in [0.5, 0.6) is 17.4 Å². The van der Waals surface area contributed by atoms with Crippen LogP contribution in [-0.4, -0.2) is 76.3 Å². The van der Waals surface area contributed by atoms with Gasteiger partial charge in [0.1, 0.15) is 23.6 Å². The second-order valence-corrected chi connectivity index (χ2v) is 8.61. The van der Waals surface area contributed by atoms with E-state index in [0.717, 1.165) is 49.3 Å². The summed E-state index contributed by atoms with van der Waals surface area (Å²) in [6, 6.07) is 10.1. The van der Waals surface area contributed by atoms with Crippen LogP contribution >= 0.6 is 0 Å². The molecule has 1 saturated heterocycles. The van der Waals surface area contributed by atoms with Gasteiger partial charge in [0.25, 0.3) is 0 Å². The van der Waals surface area contributed by atoms with E-state index in [1.54, 1.807) is 30.6 Å². The standard InChI is InChI=1S/C25H28FN7O2/c1-17-3-5-19(16-28-17)35-22-6-4-18(15-20(22)26)29-24-23-21(7-8-27-24)30-31-25(23)34-14-13-33-11-9-32(2)10-12-33/h3-8,15-16H,9-14H2,1-2H3,(H,27,29)(H,30,31). The first-order valence-electron chi connectivity index (χ1n) is 11.6. The molecule has 9 nitrogen and oxygen atoms in total. The van der Waals surface area contributed by atoms with Gasteiger partial charge in [-0.05, 0) is 44.3 Å². The van der Waals surface area contributed by atoms with Crippen molar-refractivity contribution in [2.24, 2.45) is 0 Å². The summed E-state index contributed by atoms with van der Waals surface area (Å²) in [6.45, 7) is 7.41. The summed E-state index contributed by atoms with van der Waals surface area (Å²) in [5.41, 5.74) is 2.17. The number of nitrogens with one attached hydrogen (secondary N) is 2. The molecule has 4 aromatic rings. The van der Waals surface area contributed by atoms with E-state index >= 15 is 0 Å². The summed E-state index contributed by atoms with van der Waals surface area (Å²) >= 11 is 0. The number of rotatable bonds is 8. The molecule has 35 heavy (non-hydrogen) atoms. The minimum atomic E-state index is -0.501. The Kier molecular flexibility index (Phi) is 6.73. The molecule has 0 bridgehead atoms. The Morgan fingerprint density at radius 3 is 2.71 bits per heavy atom. The average Bonchev–Trinajstić information content (AvgIpc) is 3.27. The van der Waals surface area contributed by atoms with Crippen LogP contribution in [0.1, 0.15) is 5.69 Å². The zero-order chi connectivity index (χ0) is 24.2. The molecule has 1 aliphatic rings. The Morgan fingerprint density at radius 1 is 1.09 bits per heavy atom. The molecular weight excluding hydrogens is 449 g/mol. The number of hydrogen-bond acceptors (Lipinski definition) is 8. The number of aryl methyl sites for hydroxylation is 1. The van der Waals surface area contributed by atoms with Crippen LogP contribution in [0.3, 0.4) is 0 Å². The summed E-state index contributed by atoms with van der Waals surface area (Å²) in [4.78, 5) is 13.3. The molecule has 0 spiro atoms. The maximum Gasteiger partial charge on any atom is 0.244 e. The molecule has 1 fully saturated rings. The van der Waals surface area contributed by atoms with Crippen molar-refractivity contribution in [3.05, 3.63) is 60.3 Å². The van der Waals surface area contributed by atoms with Crippen LogP contribution in [0.2, 0.25) is 0 Å². The fourth-order valence-electron chi connectivity index (χ4n) is 3.92. The molecule has 0 saturated carbocycles. The van der Waals surface area contributed by atoms with E-state index in [4.69, 9.17) is 9.47 Å². The lowest BCUT2D eigenvalue weighted by molar-refractivity contribution is 0.133. The van der Waals surface area contributed by atoms with Crippen molar-refractivity contribution in [1.82, 2.24) is 30.0 Å². The summed E-state index contributed by atoms with van der Waals surface area (Å²) in [5.74, 6) is 1.08. The number of halogens is 1. The van der Waals surface area contributed by atoms with Gasteiger partial charge >= 0.3 is 0 Å². The minimum Gasteiger partial charge on any atom is -0.475 e. The van der Waals surface area contributed by atoms with Crippen LogP contribution in [0.15, 0.2) is 48.8 Å². The molecule has 2 N–H and O–H groups in total. The molecule has 4 heterocycles. The Morgan fingerprint density at radius 2 is 1.94 bits per heavy atom. The molecule has 1 aromatic carbocycles. The average molecular weight is 478 g/mol. The van der Waals surface area contributed by atoms with E-state index in [9.17, 15) is 4.39 Å². The first kappa shape index (κ1) is 23.0. The molecular formula is C25H28FN7O2. The largest absolute Gasteiger partial charge is 0.475 e. The summed E-state index contributed by atoms with van der Waals surface area (Å²) in [5, 5.41) is 11.2. The molecule has 182 valence electrons. The number of anilines is 2. The summed E-state index contributed by atoms with van der Waals surface area (Å²) in [7, 11) is 2.14. The van der Waals surface area contributed by atoms with Crippen molar-refractivity contribution < 1.29 is 13.9 Å². The van der Waals surface area contributed by atoms with Gasteiger partial charge in [0.2, 0.25) is 5.88 Å². The number of fused-ring (bicyclic) bond motifs is 1. The zero-order valence-electron chi connectivity index (χ0n) is 19.8. The highest BCUT2D eigenvalue weighted by Crippen LogP contribution is 2.32. The topological polar surface area (TPSA) is 91.4 Å². The first-order chi connectivity index (χ1) is 17.0. The third kappa shape index (κ3) is 5.50. The maximum atomic E-state index is 14.8. The Labute approximate surface area is 202 Å². The van der Waals surface area contributed by atoms with Crippen molar-refractivity contribution in [3.63, 3.8) is 0 Å². The molecule has 0 unspecified atom stereocenters. The van der Waals surface area contributed by atoms with Crippen LogP contribution in [0.25, 0.3) is 10.9 Å². The number of ether oxygens (including phenoxy) is 2. The summed E-state index contributed by atoms with van der Waals surface area (Å²) < 4.78 is 26.4. The van der Waals surface area contributed by atoms with Gasteiger partial charge in [-0.2, -0.15) is 0 Å². The number of hydrogen-bond donors (Lipinski definition) is 2. The summed E-state index contributed by atoms with van der Waals surface area (Å²) in [6.07, 6.45) is 3.23. The lowest BCUT2D eigenvalue weighted by atomic mass is 10.2. The van der Waals surface area contributed by atoms with E-state index in [2.05, 4.69) is 42.3 Å². The van der Waals surface area contributed by atoms with E-state index in [-0.39, 0.29) is 5.75 Å². The number of benzene rings is 1. The van der Waals surface area contributed by atoms with E-state index < -0.39 is 5.82 Å². The molecule has 0 amide bonds. The van der Waals surface area contributed by atoms with Crippen molar-refractivity contribution >= 4 is 22.4 Å². The number of nitrogens with zero attached hydrogens (tertiary/aromatic N) is 5. The molecule has 0 aliphatic carbocycles. The van der Waals surface area contributed by atoms with Gasteiger partial charge in [-0.1, -0.05) is 0 Å². The molecule has 5 rings (SSSR count). The predicted octanol–water partition coefficient (Wildman–Crippen LogP) is 3.96. The highest BCUT2D eigenvalue weighted by molar-refractivity contribution is 5.95. The Balaban J connectivity index is 1.28. The van der Waals surface area contributed by atoms with E-state index in [1.165, 1.54) is 6.07 Å². The third-order valence-electron chi connectivity index (χ3n) is 5.99. The minimum absolute atomic E-state index is 0.114. The number of H-pyrrole nitrogens is 1. The lowest BCUT2D eigenvalue weighted by Gasteiger charge is -2.32. The third-order valence-corrected chi connectivity index (χ3v) is 5.99. The number of aromatic nitrogens is 4. The monoisotopic (exact) mass is 477 g/mol. The van der Waals surface area contributed by atoms with E-state index in [1.807, 2.05) is 19.1 Å². The molecule has 1 aliphatic heterocycles. The molecule has 0 radical (unpaired) electrons. The van der Waals surface area contributed by atoms with Crippen molar-refractivity contribution in [3.8, 4) is 17.4 Å². The Bertz CT molecular complexity index is 1290. The number of piperazine rings is 1. The van der Waals surface area contributed by atoms with Crippen molar-refractivity contribution in [2.45, 2.75) is 6.92 Å². The molecule has 10 heteroatoms. The van der Waals surface area contributed by atoms with Gasteiger partial charge in [-0.3, -0.25) is 15.0 Å². The number of pyridine rings is 2. The second kappa shape index (κ2) is 10.2. The second-order valence-electron chi connectivity index (χ2n) is 8.61. The zero-order valence-corrected chi connectivity index (χ0v) is 19.8. The highest BCUT2D eigenvalue weighted by atomic mass is 19.1. The lowest BCUT2D eigenvalue weighted by Crippen LogP contribution is -2.45. The SMILES string of the molecule is Cc1ccc(Oc2ccc(Nc3nccc4[nH]nc(OCCN5CCN(C)CC5)c34)cc2F)cn1. The van der Waals surface area contributed by atoms with Crippen LogP contribution < -0.4 is 14.8 Å². The molecule has 3 aromatic heterocycles. The van der Waals surface area contributed by atoms with Crippen LogP contribution in [0, 0.1) is 12.7 Å². The molecule has 0 atom stereocenters. The van der Waals surface area contributed by atoms with Gasteiger partial charge in [-0.15, -0.1) is 5.10 Å². The smallest absolute Gasteiger partial charge is 0.244 e. The van der Waals surface area contributed by atoms with Gasteiger partial charge < -0.3 is 19.7 Å². The fraction of sp³-hybridized carbons (Fsp3) is 0.320. The quantitative estimate of drug-likeness (QED) is 0.394. The van der Waals surface area contributed by atoms with E-state index in [0.29, 0.717) is 29.7 Å². The Hall–Kier alpha value is -3.76. The maximum absolute atomic E-state index is 14.8. The van der Waals surface area contributed by atoms with Gasteiger partial charge in [-0.25, -0.2) is 9.37 Å².